The lowest BCUT2D eigenvalue weighted by Crippen LogP contribution is -2.23. The number of nitrogens with zero attached hydrogens (tertiary/aromatic N) is 1. The zero-order chi connectivity index (χ0) is 10.8. The first-order valence-corrected chi connectivity index (χ1v) is 6.95. The molecular formula is C13H24ClN. The maximum Gasteiger partial charge on any atom is 0.0339 e. The van der Waals surface area contributed by atoms with Crippen LogP contribution in [0, 0.1) is 17.8 Å². The summed E-state index contributed by atoms with van der Waals surface area (Å²) in [5, 5.41) is 0.469. The fourth-order valence-corrected chi connectivity index (χ4v) is 3.45. The minimum Gasteiger partial charge on any atom is -0.303 e. The van der Waals surface area contributed by atoms with Gasteiger partial charge in [-0.3, -0.25) is 0 Å². The summed E-state index contributed by atoms with van der Waals surface area (Å²) in [7, 11) is 0. The van der Waals surface area contributed by atoms with Gasteiger partial charge in [0.15, 0.2) is 0 Å². The molecule has 0 bridgehead atoms. The summed E-state index contributed by atoms with van der Waals surface area (Å²) in [5.74, 6) is 2.72. The van der Waals surface area contributed by atoms with Crippen molar-refractivity contribution in [3.63, 3.8) is 0 Å². The highest BCUT2D eigenvalue weighted by atomic mass is 35.5. The topological polar surface area (TPSA) is 3.24 Å². The smallest absolute Gasteiger partial charge is 0.0339 e. The van der Waals surface area contributed by atoms with Crippen molar-refractivity contribution in [1.82, 2.24) is 4.90 Å². The van der Waals surface area contributed by atoms with Gasteiger partial charge in [0.25, 0.3) is 0 Å². The maximum absolute atomic E-state index is 6.24. The third kappa shape index (κ3) is 3.10. The van der Waals surface area contributed by atoms with E-state index in [1.807, 2.05) is 0 Å². The predicted octanol–water partition coefficient (Wildman–Crippen LogP) is 3.37. The molecule has 3 unspecified atom stereocenters. The van der Waals surface area contributed by atoms with Crippen LogP contribution in [0.3, 0.4) is 0 Å². The van der Waals surface area contributed by atoms with Gasteiger partial charge in [-0.2, -0.15) is 0 Å². The average Bonchev–Trinajstić information content (AvgIpc) is 2.56. The Kier molecular flexibility index (Phi) is 3.95. The Labute approximate surface area is 99.2 Å². The highest BCUT2D eigenvalue weighted by Gasteiger charge is 2.36. The van der Waals surface area contributed by atoms with Gasteiger partial charge in [0.1, 0.15) is 0 Å². The van der Waals surface area contributed by atoms with Crippen molar-refractivity contribution in [2.24, 2.45) is 17.8 Å². The van der Waals surface area contributed by atoms with Crippen LogP contribution in [0.2, 0.25) is 0 Å². The van der Waals surface area contributed by atoms with Gasteiger partial charge >= 0.3 is 0 Å². The maximum atomic E-state index is 6.24. The van der Waals surface area contributed by atoms with Crippen LogP contribution in [0.5, 0.6) is 0 Å². The SMILES string of the molecule is CC(C)CCN1CC2CCC(Cl)CC2C1. The molecule has 0 aromatic heterocycles. The summed E-state index contributed by atoms with van der Waals surface area (Å²) >= 11 is 6.24. The lowest BCUT2D eigenvalue weighted by molar-refractivity contribution is 0.299. The molecular weight excluding hydrogens is 206 g/mol. The van der Waals surface area contributed by atoms with Crippen LogP contribution in [-0.4, -0.2) is 29.9 Å². The second kappa shape index (κ2) is 5.05. The van der Waals surface area contributed by atoms with E-state index in [0.717, 1.165) is 17.8 Å². The lowest BCUT2D eigenvalue weighted by atomic mass is 9.82. The quantitative estimate of drug-likeness (QED) is 0.671. The average molecular weight is 230 g/mol. The highest BCUT2D eigenvalue weighted by Crippen LogP contribution is 2.38. The van der Waals surface area contributed by atoms with Crippen molar-refractivity contribution >= 4 is 11.6 Å². The summed E-state index contributed by atoms with van der Waals surface area (Å²) < 4.78 is 0. The molecule has 2 heteroatoms. The fourth-order valence-electron chi connectivity index (χ4n) is 3.09. The minimum absolute atomic E-state index is 0.469. The number of likely N-dealkylation sites (tertiary alicyclic amines) is 1. The van der Waals surface area contributed by atoms with Gasteiger partial charge in [-0.15, -0.1) is 11.6 Å². The summed E-state index contributed by atoms with van der Waals surface area (Å²) in [6.45, 7) is 8.61. The third-order valence-electron chi connectivity index (χ3n) is 4.08. The monoisotopic (exact) mass is 229 g/mol. The van der Waals surface area contributed by atoms with Gasteiger partial charge in [-0.1, -0.05) is 13.8 Å². The molecule has 0 aromatic carbocycles. The number of alkyl halides is 1. The Morgan fingerprint density at radius 1 is 1.20 bits per heavy atom. The van der Waals surface area contributed by atoms with Crippen LogP contribution in [0.4, 0.5) is 0 Å². The number of rotatable bonds is 3. The van der Waals surface area contributed by atoms with Crippen LogP contribution in [0.25, 0.3) is 0 Å². The summed E-state index contributed by atoms with van der Waals surface area (Å²) in [6.07, 6.45) is 5.24. The molecule has 88 valence electrons. The van der Waals surface area contributed by atoms with Crippen molar-refractivity contribution in [2.75, 3.05) is 19.6 Å². The van der Waals surface area contributed by atoms with Gasteiger partial charge in [0, 0.05) is 18.5 Å². The van der Waals surface area contributed by atoms with E-state index in [0.29, 0.717) is 5.38 Å². The zero-order valence-corrected chi connectivity index (χ0v) is 10.8. The van der Waals surface area contributed by atoms with Crippen LogP contribution < -0.4 is 0 Å². The first-order chi connectivity index (χ1) is 7.15. The van der Waals surface area contributed by atoms with Crippen LogP contribution in [-0.2, 0) is 0 Å². The van der Waals surface area contributed by atoms with E-state index in [2.05, 4.69) is 18.7 Å². The van der Waals surface area contributed by atoms with Crippen molar-refractivity contribution in [1.29, 1.82) is 0 Å². The molecule has 1 saturated heterocycles. The highest BCUT2D eigenvalue weighted by molar-refractivity contribution is 6.20. The summed E-state index contributed by atoms with van der Waals surface area (Å²) in [4.78, 5) is 2.67. The van der Waals surface area contributed by atoms with Crippen molar-refractivity contribution in [3.8, 4) is 0 Å². The molecule has 1 nitrogen and oxygen atoms in total. The molecule has 0 N–H and O–H groups in total. The summed E-state index contributed by atoms with van der Waals surface area (Å²) in [6, 6.07) is 0. The molecule has 1 aliphatic carbocycles. The molecule has 0 amide bonds. The largest absolute Gasteiger partial charge is 0.303 e. The molecule has 0 aromatic rings. The molecule has 0 spiro atoms. The third-order valence-corrected chi connectivity index (χ3v) is 4.48. The Morgan fingerprint density at radius 3 is 2.67 bits per heavy atom. The Hall–Kier alpha value is 0.250. The van der Waals surface area contributed by atoms with Crippen LogP contribution in [0.15, 0.2) is 0 Å². The lowest BCUT2D eigenvalue weighted by Gasteiger charge is -2.27. The van der Waals surface area contributed by atoms with Gasteiger partial charge in [-0.25, -0.2) is 0 Å². The van der Waals surface area contributed by atoms with Gasteiger partial charge < -0.3 is 4.90 Å². The molecule has 1 heterocycles. The minimum atomic E-state index is 0.469. The van der Waals surface area contributed by atoms with E-state index in [1.54, 1.807) is 0 Å². The first kappa shape index (κ1) is 11.7. The molecule has 2 fully saturated rings. The van der Waals surface area contributed by atoms with Gasteiger partial charge in [0.2, 0.25) is 0 Å². The zero-order valence-electron chi connectivity index (χ0n) is 10.1. The second-order valence-electron chi connectivity index (χ2n) is 5.87. The van der Waals surface area contributed by atoms with E-state index in [-0.39, 0.29) is 0 Å². The van der Waals surface area contributed by atoms with E-state index in [1.165, 1.54) is 45.3 Å². The second-order valence-corrected chi connectivity index (χ2v) is 6.49. The number of halogens is 1. The molecule has 1 saturated carbocycles. The Bertz CT molecular complexity index is 205. The number of hydrogen-bond donors (Lipinski definition) is 0. The van der Waals surface area contributed by atoms with Crippen LogP contribution in [0.1, 0.15) is 39.5 Å². The van der Waals surface area contributed by atoms with Crippen molar-refractivity contribution in [2.45, 2.75) is 44.9 Å². The van der Waals surface area contributed by atoms with Gasteiger partial charge in [0.05, 0.1) is 0 Å². The van der Waals surface area contributed by atoms with Crippen LogP contribution >= 0.6 is 11.6 Å². The number of hydrogen-bond acceptors (Lipinski definition) is 1. The molecule has 2 rings (SSSR count). The normalized spacial score (nSPS) is 37.2. The summed E-state index contributed by atoms with van der Waals surface area (Å²) in [5.41, 5.74) is 0. The van der Waals surface area contributed by atoms with Gasteiger partial charge in [-0.05, 0) is 50.0 Å². The molecule has 2 aliphatic rings. The van der Waals surface area contributed by atoms with E-state index in [9.17, 15) is 0 Å². The first-order valence-electron chi connectivity index (χ1n) is 6.51. The Morgan fingerprint density at radius 2 is 1.93 bits per heavy atom. The van der Waals surface area contributed by atoms with Crippen molar-refractivity contribution < 1.29 is 0 Å². The van der Waals surface area contributed by atoms with E-state index in [4.69, 9.17) is 11.6 Å². The van der Waals surface area contributed by atoms with Crippen molar-refractivity contribution in [3.05, 3.63) is 0 Å². The standard InChI is InChI=1S/C13H24ClN/c1-10(2)5-6-15-8-11-3-4-13(14)7-12(11)9-15/h10-13H,3-9H2,1-2H3. The van der Waals surface area contributed by atoms with E-state index < -0.39 is 0 Å². The molecule has 1 aliphatic heterocycles. The van der Waals surface area contributed by atoms with E-state index >= 15 is 0 Å². The molecule has 15 heavy (non-hydrogen) atoms. The Balaban J connectivity index is 1.78. The predicted molar refractivity (Wildman–Crippen MR) is 66.4 cm³/mol. The fraction of sp³-hybridized carbons (Fsp3) is 1.00. The number of fused-ring (bicyclic) bond motifs is 1. The molecule has 0 radical (unpaired) electrons. The molecule has 3 atom stereocenters.